The number of nitrogens with zero attached hydrogens (tertiary/aromatic N) is 3. The van der Waals surface area contributed by atoms with Gasteiger partial charge in [-0.3, -0.25) is 9.59 Å². The van der Waals surface area contributed by atoms with Crippen molar-refractivity contribution < 1.29 is 19.1 Å². The molecule has 2 aromatic carbocycles. The molecule has 9 heteroatoms. The van der Waals surface area contributed by atoms with E-state index >= 15 is 0 Å². The summed E-state index contributed by atoms with van der Waals surface area (Å²) in [4.78, 5) is 45.1. The van der Waals surface area contributed by atoms with Gasteiger partial charge in [-0.25, -0.2) is 4.79 Å². The maximum atomic E-state index is 14.0. The number of ether oxygens (including phenoxy) is 1. The molecular weight excluding hydrogens is 516 g/mol. The summed E-state index contributed by atoms with van der Waals surface area (Å²) in [5.41, 5.74) is 1.49. The van der Waals surface area contributed by atoms with Gasteiger partial charge in [0.25, 0.3) is 0 Å². The second kappa shape index (κ2) is 10.7. The van der Waals surface area contributed by atoms with Gasteiger partial charge < -0.3 is 24.8 Å². The fourth-order valence-electron chi connectivity index (χ4n) is 5.74. The van der Waals surface area contributed by atoms with Gasteiger partial charge in [-0.05, 0) is 62.9 Å². The lowest BCUT2D eigenvalue weighted by molar-refractivity contribution is -0.135. The fraction of sp³-hybridized carbons (Fsp3) is 0.500. The Balaban J connectivity index is 1.29. The largest absolute Gasteiger partial charge is 0.444 e. The van der Waals surface area contributed by atoms with Gasteiger partial charge in [0, 0.05) is 62.3 Å². The zero-order valence-corrected chi connectivity index (χ0v) is 23.7. The molecule has 2 atom stereocenters. The molecule has 2 saturated heterocycles. The fourth-order valence-corrected chi connectivity index (χ4v) is 5.86. The van der Waals surface area contributed by atoms with Crippen LogP contribution in [0.5, 0.6) is 0 Å². The van der Waals surface area contributed by atoms with Crippen LogP contribution in [0.25, 0.3) is 0 Å². The van der Waals surface area contributed by atoms with Crippen molar-refractivity contribution in [1.82, 2.24) is 15.1 Å². The van der Waals surface area contributed by atoms with E-state index in [2.05, 4.69) is 22.3 Å². The number of rotatable bonds is 6. The van der Waals surface area contributed by atoms with Crippen LogP contribution in [0, 0.1) is 0 Å². The Morgan fingerprint density at radius 2 is 1.72 bits per heavy atom. The Kier molecular flexibility index (Phi) is 7.51. The molecule has 39 heavy (non-hydrogen) atoms. The van der Waals surface area contributed by atoms with Crippen molar-refractivity contribution in [3.05, 3.63) is 64.7 Å². The molecule has 2 aliphatic heterocycles. The first-order valence-electron chi connectivity index (χ1n) is 13.7. The SMILES string of the molecule is CC(C)(C)OC(=O)NC1(C(=O)N2CCN(c3ccccc3CN3CCCC3=O)CC2)CC1c1ccc(Cl)cc1. The molecule has 8 nitrogen and oxygen atoms in total. The monoisotopic (exact) mass is 552 g/mol. The maximum absolute atomic E-state index is 14.0. The normalized spacial score (nSPS) is 23.1. The van der Waals surface area contributed by atoms with E-state index in [0.29, 0.717) is 50.6 Å². The summed E-state index contributed by atoms with van der Waals surface area (Å²) >= 11 is 6.09. The minimum Gasteiger partial charge on any atom is -0.444 e. The quantitative estimate of drug-likeness (QED) is 0.568. The molecule has 2 aromatic rings. The van der Waals surface area contributed by atoms with Gasteiger partial charge in [0.1, 0.15) is 11.1 Å². The van der Waals surface area contributed by atoms with Crippen LogP contribution in [0.3, 0.4) is 0 Å². The second-order valence-electron chi connectivity index (χ2n) is 11.7. The summed E-state index contributed by atoms with van der Waals surface area (Å²) in [6, 6.07) is 15.7. The van der Waals surface area contributed by atoms with Gasteiger partial charge >= 0.3 is 6.09 Å². The molecule has 3 aliphatic rings. The minimum absolute atomic E-state index is 0.0797. The van der Waals surface area contributed by atoms with Crippen molar-refractivity contribution in [3.8, 4) is 0 Å². The first-order valence-corrected chi connectivity index (χ1v) is 14.1. The van der Waals surface area contributed by atoms with Gasteiger partial charge in [-0.1, -0.05) is 41.9 Å². The number of carbonyl (C=O) groups is 3. The van der Waals surface area contributed by atoms with E-state index in [9.17, 15) is 14.4 Å². The van der Waals surface area contributed by atoms with E-state index < -0.39 is 17.2 Å². The number of piperazine rings is 1. The molecule has 5 rings (SSSR count). The van der Waals surface area contributed by atoms with Gasteiger partial charge in [0.2, 0.25) is 11.8 Å². The van der Waals surface area contributed by atoms with Gasteiger partial charge in [0.05, 0.1) is 0 Å². The molecule has 2 heterocycles. The van der Waals surface area contributed by atoms with Crippen molar-refractivity contribution in [2.75, 3.05) is 37.6 Å². The standard InChI is InChI=1S/C30H37ClN4O4/c1-29(2,3)39-28(38)32-30(19-24(30)21-10-12-23(31)13-11-21)27(37)34-17-15-33(16-18-34)25-8-5-4-7-22(25)20-35-14-6-9-26(35)36/h4-5,7-8,10-13,24H,6,9,14-20H2,1-3H3,(H,32,38). The van der Waals surface area contributed by atoms with Crippen LogP contribution in [0.1, 0.15) is 57.1 Å². The number of amides is 3. The third kappa shape index (κ3) is 6.01. The molecule has 0 aromatic heterocycles. The summed E-state index contributed by atoms with van der Waals surface area (Å²) in [5, 5.41) is 3.57. The number of nitrogens with one attached hydrogen (secondary N) is 1. The molecule has 3 fully saturated rings. The van der Waals surface area contributed by atoms with Crippen molar-refractivity contribution in [1.29, 1.82) is 0 Å². The molecular formula is C30H37ClN4O4. The van der Waals surface area contributed by atoms with Gasteiger partial charge in [-0.15, -0.1) is 0 Å². The third-order valence-electron chi connectivity index (χ3n) is 7.77. The molecule has 0 spiro atoms. The predicted octanol–water partition coefficient (Wildman–Crippen LogP) is 4.56. The first-order chi connectivity index (χ1) is 18.6. The Hall–Kier alpha value is -3.26. The number of para-hydroxylation sites is 1. The number of carbonyl (C=O) groups excluding carboxylic acids is 3. The zero-order chi connectivity index (χ0) is 27.8. The topological polar surface area (TPSA) is 82.2 Å². The van der Waals surface area contributed by atoms with Gasteiger partial charge in [-0.2, -0.15) is 0 Å². The van der Waals surface area contributed by atoms with Crippen LogP contribution in [0.4, 0.5) is 10.5 Å². The average Bonchev–Trinajstić information content (AvgIpc) is 3.47. The molecule has 208 valence electrons. The van der Waals surface area contributed by atoms with E-state index in [1.54, 1.807) is 20.8 Å². The highest BCUT2D eigenvalue weighted by atomic mass is 35.5. The Bertz CT molecular complexity index is 1240. The van der Waals surface area contributed by atoms with Crippen molar-refractivity contribution >= 4 is 35.2 Å². The molecule has 1 aliphatic carbocycles. The number of halogens is 1. The summed E-state index contributed by atoms with van der Waals surface area (Å²) in [6.07, 6.45) is 1.47. The number of alkyl carbamates (subject to hydrolysis) is 1. The highest BCUT2D eigenvalue weighted by Crippen LogP contribution is 2.53. The first kappa shape index (κ1) is 27.3. The van der Waals surface area contributed by atoms with Crippen LogP contribution in [-0.2, 0) is 20.9 Å². The van der Waals surface area contributed by atoms with E-state index in [1.165, 1.54) is 0 Å². The highest BCUT2D eigenvalue weighted by Gasteiger charge is 2.63. The number of benzene rings is 2. The van der Waals surface area contributed by atoms with Crippen molar-refractivity contribution in [2.45, 2.75) is 63.6 Å². The van der Waals surface area contributed by atoms with Crippen LogP contribution in [-0.4, -0.2) is 71.6 Å². The van der Waals surface area contributed by atoms with Crippen molar-refractivity contribution in [3.63, 3.8) is 0 Å². The molecule has 1 saturated carbocycles. The van der Waals surface area contributed by atoms with Crippen LogP contribution < -0.4 is 10.2 Å². The number of hydrogen-bond donors (Lipinski definition) is 1. The Morgan fingerprint density at radius 3 is 2.36 bits per heavy atom. The minimum atomic E-state index is -1.04. The molecule has 2 unspecified atom stereocenters. The second-order valence-corrected chi connectivity index (χ2v) is 12.2. The number of anilines is 1. The number of hydrogen-bond acceptors (Lipinski definition) is 5. The lowest BCUT2D eigenvalue weighted by atomic mass is 10.0. The smallest absolute Gasteiger partial charge is 0.408 e. The Labute approximate surface area is 235 Å². The Morgan fingerprint density at radius 1 is 1.03 bits per heavy atom. The summed E-state index contributed by atoms with van der Waals surface area (Å²) in [6.45, 7) is 9.26. The van der Waals surface area contributed by atoms with E-state index in [-0.39, 0.29) is 17.7 Å². The van der Waals surface area contributed by atoms with Crippen LogP contribution in [0.15, 0.2) is 48.5 Å². The average molecular weight is 553 g/mol. The third-order valence-corrected chi connectivity index (χ3v) is 8.02. The van der Waals surface area contributed by atoms with Crippen molar-refractivity contribution in [2.24, 2.45) is 0 Å². The lowest BCUT2D eigenvalue weighted by Gasteiger charge is -2.39. The predicted molar refractivity (Wildman–Crippen MR) is 151 cm³/mol. The number of likely N-dealkylation sites (tertiary alicyclic amines) is 1. The summed E-state index contributed by atoms with van der Waals surface area (Å²) in [5.74, 6) is -0.0156. The molecule has 3 amide bonds. The highest BCUT2D eigenvalue weighted by molar-refractivity contribution is 6.30. The summed E-state index contributed by atoms with van der Waals surface area (Å²) in [7, 11) is 0. The molecule has 0 radical (unpaired) electrons. The zero-order valence-electron chi connectivity index (χ0n) is 22.9. The maximum Gasteiger partial charge on any atom is 0.408 e. The van der Waals surface area contributed by atoms with E-state index in [0.717, 1.165) is 29.8 Å². The van der Waals surface area contributed by atoms with Crippen LogP contribution >= 0.6 is 11.6 Å². The van der Waals surface area contributed by atoms with Crippen LogP contribution in [0.2, 0.25) is 5.02 Å². The van der Waals surface area contributed by atoms with E-state index in [1.807, 2.05) is 46.2 Å². The lowest BCUT2D eigenvalue weighted by Crippen LogP contribution is -2.57. The molecule has 1 N–H and O–H groups in total. The summed E-state index contributed by atoms with van der Waals surface area (Å²) < 4.78 is 5.53. The van der Waals surface area contributed by atoms with E-state index in [4.69, 9.17) is 16.3 Å². The molecule has 0 bridgehead atoms. The van der Waals surface area contributed by atoms with Gasteiger partial charge in [0.15, 0.2) is 0 Å².